The zero-order valence-corrected chi connectivity index (χ0v) is 8.28. The van der Waals surface area contributed by atoms with Gasteiger partial charge in [0.05, 0.1) is 0 Å². The first-order valence-corrected chi connectivity index (χ1v) is 4.53. The lowest BCUT2D eigenvalue weighted by Gasteiger charge is -2.08. The summed E-state index contributed by atoms with van der Waals surface area (Å²) in [5.74, 6) is 0. The van der Waals surface area contributed by atoms with Gasteiger partial charge in [0.1, 0.15) is 0 Å². The predicted octanol–water partition coefficient (Wildman–Crippen LogP) is 1.25. The van der Waals surface area contributed by atoms with Gasteiger partial charge in [0.2, 0.25) is 0 Å². The van der Waals surface area contributed by atoms with Crippen molar-refractivity contribution < 1.29 is 0 Å². The van der Waals surface area contributed by atoms with Gasteiger partial charge in [-0.1, -0.05) is 12.1 Å². The van der Waals surface area contributed by atoms with Crippen LogP contribution in [0.5, 0.6) is 0 Å². The maximum Gasteiger partial charge on any atom is 0.0419 e. The second kappa shape index (κ2) is 4.04. The number of benzene rings is 1. The molecular weight excluding hydrogens is 251 g/mol. The molecular formula is C8H11IN2. The topological polar surface area (TPSA) is 52.0 Å². The molecule has 0 radical (unpaired) electrons. The number of nitrogens with two attached hydrogens (primary N) is 2. The molecule has 1 atom stereocenters. The van der Waals surface area contributed by atoms with Gasteiger partial charge in [-0.2, -0.15) is 0 Å². The summed E-state index contributed by atoms with van der Waals surface area (Å²) in [6, 6.07) is 8.06. The van der Waals surface area contributed by atoms with E-state index in [2.05, 4.69) is 28.7 Å². The fourth-order valence-electron chi connectivity index (χ4n) is 0.873. The molecule has 0 amide bonds. The smallest absolute Gasteiger partial charge is 0.0419 e. The van der Waals surface area contributed by atoms with Crippen molar-refractivity contribution in [1.29, 1.82) is 0 Å². The van der Waals surface area contributed by atoms with E-state index in [0.29, 0.717) is 6.54 Å². The van der Waals surface area contributed by atoms with Crippen molar-refractivity contribution in [3.8, 4) is 0 Å². The average Bonchev–Trinajstić information content (AvgIpc) is 2.03. The molecule has 0 aliphatic heterocycles. The minimum atomic E-state index is -0.0234. The standard InChI is InChI=1S/C8H11IN2/c9-7-3-1-2-6(4-7)8(11)5-10/h1-4,8H,5,10-11H2/t8-/m1/s1. The van der Waals surface area contributed by atoms with Gasteiger partial charge in [-0.25, -0.2) is 0 Å². The molecule has 0 aliphatic rings. The Morgan fingerprint density at radius 2 is 2.18 bits per heavy atom. The van der Waals surface area contributed by atoms with Crippen LogP contribution in [0.1, 0.15) is 11.6 Å². The fraction of sp³-hybridized carbons (Fsp3) is 0.250. The van der Waals surface area contributed by atoms with E-state index >= 15 is 0 Å². The third-order valence-electron chi connectivity index (χ3n) is 1.53. The molecule has 0 spiro atoms. The summed E-state index contributed by atoms with van der Waals surface area (Å²) in [4.78, 5) is 0. The monoisotopic (exact) mass is 262 g/mol. The molecule has 4 N–H and O–H groups in total. The zero-order valence-electron chi connectivity index (χ0n) is 6.13. The third kappa shape index (κ3) is 2.43. The van der Waals surface area contributed by atoms with Gasteiger partial charge in [-0.3, -0.25) is 0 Å². The quantitative estimate of drug-likeness (QED) is 0.788. The molecule has 1 rings (SSSR count). The number of rotatable bonds is 2. The molecule has 60 valence electrons. The zero-order chi connectivity index (χ0) is 8.27. The summed E-state index contributed by atoms with van der Waals surface area (Å²) >= 11 is 2.26. The van der Waals surface area contributed by atoms with Crippen LogP contribution in [0.2, 0.25) is 0 Å². The summed E-state index contributed by atoms with van der Waals surface area (Å²) < 4.78 is 1.20. The lowest BCUT2D eigenvalue weighted by atomic mass is 10.1. The Balaban J connectivity index is 2.86. The summed E-state index contributed by atoms with van der Waals surface area (Å²) in [6.45, 7) is 0.500. The van der Waals surface area contributed by atoms with Crippen molar-refractivity contribution in [3.05, 3.63) is 33.4 Å². The molecule has 0 saturated heterocycles. The van der Waals surface area contributed by atoms with Gasteiger partial charge < -0.3 is 11.5 Å². The van der Waals surface area contributed by atoms with Crippen LogP contribution < -0.4 is 11.5 Å². The second-order valence-electron chi connectivity index (χ2n) is 2.40. The van der Waals surface area contributed by atoms with E-state index in [9.17, 15) is 0 Å². The van der Waals surface area contributed by atoms with Gasteiger partial charge >= 0.3 is 0 Å². The van der Waals surface area contributed by atoms with Gasteiger partial charge in [0.15, 0.2) is 0 Å². The van der Waals surface area contributed by atoms with E-state index in [1.807, 2.05) is 18.2 Å². The highest BCUT2D eigenvalue weighted by molar-refractivity contribution is 14.1. The van der Waals surface area contributed by atoms with Gasteiger partial charge in [-0.15, -0.1) is 0 Å². The van der Waals surface area contributed by atoms with Crippen molar-refractivity contribution in [1.82, 2.24) is 0 Å². The Morgan fingerprint density at radius 3 is 2.73 bits per heavy atom. The van der Waals surface area contributed by atoms with Crippen LogP contribution in [0.3, 0.4) is 0 Å². The maximum absolute atomic E-state index is 5.73. The molecule has 1 aromatic rings. The molecule has 0 aliphatic carbocycles. The average molecular weight is 262 g/mol. The maximum atomic E-state index is 5.73. The summed E-state index contributed by atoms with van der Waals surface area (Å²) in [5.41, 5.74) is 12.3. The molecule has 0 unspecified atom stereocenters. The van der Waals surface area contributed by atoms with E-state index in [4.69, 9.17) is 11.5 Å². The minimum Gasteiger partial charge on any atom is -0.329 e. The summed E-state index contributed by atoms with van der Waals surface area (Å²) in [5, 5.41) is 0. The van der Waals surface area contributed by atoms with Crippen molar-refractivity contribution in [2.75, 3.05) is 6.54 Å². The van der Waals surface area contributed by atoms with E-state index in [0.717, 1.165) is 5.56 Å². The Bertz CT molecular complexity index is 237. The number of halogens is 1. The Labute approximate surface area is 80.1 Å². The molecule has 0 bridgehead atoms. The summed E-state index contributed by atoms with van der Waals surface area (Å²) in [6.07, 6.45) is 0. The van der Waals surface area contributed by atoms with E-state index < -0.39 is 0 Å². The fourth-order valence-corrected chi connectivity index (χ4v) is 1.44. The van der Waals surface area contributed by atoms with E-state index in [1.165, 1.54) is 3.57 Å². The number of hydrogen-bond acceptors (Lipinski definition) is 2. The SMILES string of the molecule is NC[C@@H](N)c1cccc(I)c1. The first kappa shape index (κ1) is 8.96. The van der Waals surface area contributed by atoms with Crippen LogP contribution in [0.25, 0.3) is 0 Å². The Kier molecular flexibility index (Phi) is 3.29. The van der Waals surface area contributed by atoms with E-state index in [-0.39, 0.29) is 6.04 Å². The van der Waals surface area contributed by atoms with Crippen LogP contribution in [0, 0.1) is 3.57 Å². The van der Waals surface area contributed by atoms with Crippen LogP contribution in [-0.4, -0.2) is 6.54 Å². The number of hydrogen-bond donors (Lipinski definition) is 2. The van der Waals surface area contributed by atoms with E-state index in [1.54, 1.807) is 0 Å². The third-order valence-corrected chi connectivity index (χ3v) is 2.20. The first-order valence-electron chi connectivity index (χ1n) is 3.45. The van der Waals surface area contributed by atoms with Crippen LogP contribution >= 0.6 is 22.6 Å². The molecule has 0 fully saturated rings. The van der Waals surface area contributed by atoms with Crippen LogP contribution in [0.4, 0.5) is 0 Å². The Morgan fingerprint density at radius 1 is 1.45 bits per heavy atom. The predicted molar refractivity (Wildman–Crippen MR) is 55.1 cm³/mol. The molecule has 2 nitrogen and oxygen atoms in total. The molecule has 0 saturated carbocycles. The lowest BCUT2D eigenvalue weighted by Crippen LogP contribution is -2.20. The Hall–Kier alpha value is -0.130. The van der Waals surface area contributed by atoms with Crippen molar-refractivity contribution >= 4 is 22.6 Å². The highest BCUT2D eigenvalue weighted by Crippen LogP contribution is 2.12. The molecule has 0 aromatic heterocycles. The molecule has 0 heterocycles. The van der Waals surface area contributed by atoms with Gasteiger partial charge in [0, 0.05) is 16.2 Å². The van der Waals surface area contributed by atoms with Crippen LogP contribution in [0.15, 0.2) is 24.3 Å². The second-order valence-corrected chi connectivity index (χ2v) is 3.64. The van der Waals surface area contributed by atoms with Gasteiger partial charge in [-0.05, 0) is 40.3 Å². The van der Waals surface area contributed by atoms with Crippen LogP contribution in [-0.2, 0) is 0 Å². The van der Waals surface area contributed by atoms with Crippen molar-refractivity contribution in [3.63, 3.8) is 0 Å². The lowest BCUT2D eigenvalue weighted by molar-refractivity contribution is 0.736. The normalized spacial score (nSPS) is 13.0. The first-order chi connectivity index (χ1) is 5.24. The summed E-state index contributed by atoms with van der Waals surface area (Å²) in [7, 11) is 0. The molecule has 1 aromatic carbocycles. The van der Waals surface area contributed by atoms with Crippen molar-refractivity contribution in [2.24, 2.45) is 11.5 Å². The molecule has 3 heteroatoms. The highest BCUT2D eigenvalue weighted by atomic mass is 127. The van der Waals surface area contributed by atoms with Gasteiger partial charge in [0.25, 0.3) is 0 Å². The highest BCUT2D eigenvalue weighted by Gasteiger charge is 2.01. The van der Waals surface area contributed by atoms with Crippen molar-refractivity contribution in [2.45, 2.75) is 6.04 Å². The minimum absolute atomic E-state index is 0.0234. The largest absolute Gasteiger partial charge is 0.329 e. The molecule has 11 heavy (non-hydrogen) atoms.